The van der Waals surface area contributed by atoms with E-state index in [0.29, 0.717) is 23.9 Å². The van der Waals surface area contributed by atoms with Gasteiger partial charge >= 0.3 is 0 Å². The zero-order valence-electron chi connectivity index (χ0n) is 15.0. The molecule has 1 unspecified atom stereocenters. The van der Waals surface area contributed by atoms with Crippen LogP contribution in [-0.4, -0.2) is 39.5 Å². The molecule has 2 aromatic rings. The Hall–Kier alpha value is -1.60. The highest BCUT2D eigenvalue weighted by Gasteiger charge is 2.33. The second kappa shape index (κ2) is 7.56. The van der Waals surface area contributed by atoms with Crippen LogP contribution in [0.1, 0.15) is 22.8 Å². The average Bonchev–Trinajstić information content (AvgIpc) is 2.64. The van der Waals surface area contributed by atoms with E-state index in [4.69, 9.17) is 21.1 Å². The van der Waals surface area contributed by atoms with Gasteiger partial charge in [0.15, 0.2) is 0 Å². The smallest absolute Gasteiger partial charge is 0.246 e. The number of halogens is 1. The predicted molar refractivity (Wildman–Crippen MR) is 101 cm³/mol. The molecule has 1 saturated heterocycles. The number of hydrogen-bond acceptors (Lipinski definition) is 4. The maximum absolute atomic E-state index is 13.2. The molecule has 0 amide bonds. The SMILES string of the molecule is COc1cc(C)c(C)cc1S(=O)(=O)N1CCOC(c2ccc(Cl)cc2)C1. The van der Waals surface area contributed by atoms with Crippen LogP contribution in [0.5, 0.6) is 5.75 Å². The summed E-state index contributed by atoms with van der Waals surface area (Å²) in [7, 11) is -2.21. The fourth-order valence-electron chi connectivity index (χ4n) is 2.99. The highest BCUT2D eigenvalue weighted by Crippen LogP contribution is 2.32. The number of morpholine rings is 1. The zero-order valence-corrected chi connectivity index (χ0v) is 16.6. The van der Waals surface area contributed by atoms with Crippen LogP contribution in [0.3, 0.4) is 0 Å². The maximum Gasteiger partial charge on any atom is 0.246 e. The molecule has 5 nitrogen and oxygen atoms in total. The first kappa shape index (κ1) is 19.2. The first-order valence-corrected chi connectivity index (χ1v) is 10.2. The predicted octanol–water partition coefficient (Wildman–Crippen LogP) is 3.73. The van der Waals surface area contributed by atoms with Crippen molar-refractivity contribution in [3.63, 3.8) is 0 Å². The lowest BCUT2D eigenvalue weighted by atomic mass is 10.1. The van der Waals surface area contributed by atoms with Gasteiger partial charge in [0.1, 0.15) is 10.6 Å². The van der Waals surface area contributed by atoms with Crippen LogP contribution < -0.4 is 4.74 Å². The van der Waals surface area contributed by atoms with E-state index in [-0.39, 0.29) is 17.5 Å². The Labute approximate surface area is 159 Å². The molecule has 140 valence electrons. The van der Waals surface area contributed by atoms with E-state index >= 15 is 0 Å². The van der Waals surface area contributed by atoms with E-state index in [1.807, 2.05) is 26.0 Å². The number of rotatable bonds is 4. The minimum absolute atomic E-state index is 0.194. The number of nitrogens with zero attached hydrogens (tertiary/aromatic N) is 1. The standard InChI is InChI=1S/C19H22ClNO4S/c1-13-10-17(24-3)19(11-14(13)2)26(22,23)21-8-9-25-18(12-21)15-4-6-16(20)7-5-15/h4-7,10-11,18H,8-9,12H2,1-3H3. The summed E-state index contributed by atoms with van der Waals surface area (Å²) in [5, 5.41) is 0.633. The monoisotopic (exact) mass is 395 g/mol. The van der Waals surface area contributed by atoms with E-state index < -0.39 is 10.0 Å². The first-order valence-electron chi connectivity index (χ1n) is 8.35. The van der Waals surface area contributed by atoms with Crippen LogP contribution in [0.2, 0.25) is 5.02 Å². The minimum Gasteiger partial charge on any atom is -0.495 e. The Bertz CT molecular complexity index is 897. The van der Waals surface area contributed by atoms with Crippen molar-refractivity contribution in [3.05, 3.63) is 58.1 Å². The molecule has 0 bridgehead atoms. The Kier molecular flexibility index (Phi) is 5.58. The van der Waals surface area contributed by atoms with E-state index in [1.165, 1.54) is 11.4 Å². The molecule has 1 fully saturated rings. The number of methoxy groups -OCH3 is 1. The normalized spacial score (nSPS) is 18.7. The van der Waals surface area contributed by atoms with Gasteiger partial charge in [-0.2, -0.15) is 4.31 Å². The van der Waals surface area contributed by atoms with Gasteiger partial charge in [0.2, 0.25) is 10.0 Å². The summed E-state index contributed by atoms with van der Waals surface area (Å²) < 4.78 is 39.0. The topological polar surface area (TPSA) is 55.8 Å². The average molecular weight is 396 g/mol. The third kappa shape index (κ3) is 3.74. The molecule has 1 aliphatic heterocycles. The molecule has 0 aliphatic carbocycles. The quantitative estimate of drug-likeness (QED) is 0.791. The van der Waals surface area contributed by atoms with Gasteiger partial charge in [-0.15, -0.1) is 0 Å². The van der Waals surface area contributed by atoms with Crippen molar-refractivity contribution in [2.45, 2.75) is 24.8 Å². The van der Waals surface area contributed by atoms with Crippen molar-refractivity contribution in [2.24, 2.45) is 0 Å². The Morgan fingerprint density at radius 3 is 2.46 bits per heavy atom. The number of hydrogen-bond donors (Lipinski definition) is 0. The molecule has 0 saturated carbocycles. The fraction of sp³-hybridized carbons (Fsp3) is 0.368. The molecule has 3 rings (SSSR count). The molecule has 0 spiro atoms. The van der Waals surface area contributed by atoms with Gasteiger partial charge in [0.05, 0.1) is 19.8 Å². The summed E-state index contributed by atoms with van der Waals surface area (Å²) in [5.74, 6) is 0.364. The molecular formula is C19H22ClNO4S. The van der Waals surface area contributed by atoms with Gasteiger partial charge < -0.3 is 9.47 Å². The highest BCUT2D eigenvalue weighted by molar-refractivity contribution is 7.89. The summed E-state index contributed by atoms with van der Waals surface area (Å²) >= 11 is 5.93. The van der Waals surface area contributed by atoms with Gasteiger partial charge in [-0.3, -0.25) is 0 Å². The second-order valence-electron chi connectivity index (χ2n) is 6.36. The lowest BCUT2D eigenvalue weighted by Crippen LogP contribution is -2.42. The maximum atomic E-state index is 13.2. The molecule has 7 heteroatoms. The molecule has 26 heavy (non-hydrogen) atoms. The molecule has 1 atom stereocenters. The van der Waals surface area contributed by atoms with Gasteiger partial charge in [0, 0.05) is 18.1 Å². The van der Waals surface area contributed by atoms with Gasteiger partial charge in [-0.05, 0) is 54.8 Å². The fourth-order valence-corrected chi connectivity index (χ4v) is 4.76. The summed E-state index contributed by atoms with van der Waals surface area (Å²) in [6.07, 6.45) is -0.326. The van der Waals surface area contributed by atoms with Crippen LogP contribution in [0, 0.1) is 13.8 Å². The molecule has 1 aliphatic rings. The summed E-state index contributed by atoms with van der Waals surface area (Å²) in [6, 6.07) is 10.7. The largest absolute Gasteiger partial charge is 0.495 e. The Morgan fingerprint density at radius 1 is 1.15 bits per heavy atom. The van der Waals surface area contributed by atoms with Gasteiger partial charge in [-0.25, -0.2) is 8.42 Å². The molecule has 1 heterocycles. The van der Waals surface area contributed by atoms with Crippen LogP contribution >= 0.6 is 11.6 Å². The lowest BCUT2D eigenvalue weighted by Gasteiger charge is -2.32. The van der Waals surface area contributed by atoms with Crippen molar-refractivity contribution in [1.29, 1.82) is 0 Å². The minimum atomic E-state index is -3.69. The highest BCUT2D eigenvalue weighted by atomic mass is 35.5. The van der Waals surface area contributed by atoms with Crippen LogP contribution in [0.15, 0.2) is 41.3 Å². The summed E-state index contributed by atoms with van der Waals surface area (Å²) in [4.78, 5) is 0.194. The van der Waals surface area contributed by atoms with Crippen LogP contribution in [0.25, 0.3) is 0 Å². The van der Waals surface area contributed by atoms with Crippen LogP contribution in [0.4, 0.5) is 0 Å². The lowest BCUT2D eigenvalue weighted by molar-refractivity contribution is -0.00258. The van der Waals surface area contributed by atoms with Crippen molar-refractivity contribution in [2.75, 3.05) is 26.8 Å². The van der Waals surface area contributed by atoms with Gasteiger partial charge in [-0.1, -0.05) is 23.7 Å². The van der Waals surface area contributed by atoms with Crippen molar-refractivity contribution < 1.29 is 17.9 Å². The van der Waals surface area contributed by atoms with E-state index in [0.717, 1.165) is 16.7 Å². The van der Waals surface area contributed by atoms with E-state index in [1.54, 1.807) is 24.3 Å². The summed E-state index contributed by atoms with van der Waals surface area (Å²) in [6.45, 7) is 4.71. The van der Waals surface area contributed by atoms with Crippen molar-refractivity contribution in [1.82, 2.24) is 4.31 Å². The number of sulfonamides is 1. The number of aryl methyl sites for hydroxylation is 2. The second-order valence-corrected chi connectivity index (χ2v) is 8.70. The van der Waals surface area contributed by atoms with Crippen LogP contribution in [-0.2, 0) is 14.8 Å². The van der Waals surface area contributed by atoms with Crippen molar-refractivity contribution in [3.8, 4) is 5.75 Å². The molecule has 0 radical (unpaired) electrons. The Balaban J connectivity index is 1.92. The van der Waals surface area contributed by atoms with E-state index in [2.05, 4.69) is 0 Å². The third-order valence-corrected chi connectivity index (χ3v) is 6.81. The number of ether oxygens (including phenoxy) is 2. The third-order valence-electron chi connectivity index (χ3n) is 4.67. The summed E-state index contributed by atoms with van der Waals surface area (Å²) in [5.41, 5.74) is 2.80. The Morgan fingerprint density at radius 2 is 1.81 bits per heavy atom. The molecule has 2 aromatic carbocycles. The molecule has 0 aromatic heterocycles. The molecular weight excluding hydrogens is 374 g/mol. The van der Waals surface area contributed by atoms with Gasteiger partial charge in [0.25, 0.3) is 0 Å². The zero-order chi connectivity index (χ0) is 18.9. The first-order chi connectivity index (χ1) is 12.3. The van der Waals surface area contributed by atoms with E-state index in [9.17, 15) is 8.42 Å². The number of benzene rings is 2. The molecule has 0 N–H and O–H groups in total. The van der Waals surface area contributed by atoms with Crippen molar-refractivity contribution >= 4 is 21.6 Å².